The third-order valence-corrected chi connectivity index (χ3v) is 2.86. The number of hydrogen-bond acceptors (Lipinski definition) is 7. The average molecular weight is 279 g/mol. The molecule has 7 nitrogen and oxygen atoms in total. The van der Waals surface area contributed by atoms with Gasteiger partial charge in [-0.25, -0.2) is 0 Å². The first-order valence-electron chi connectivity index (χ1n) is 6.06. The molecule has 1 aromatic heterocycles. The number of rotatable bonds is 5. The Bertz CT molecular complexity index is 560. The highest BCUT2D eigenvalue weighted by Gasteiger charge is 2.20. The van der Waals surface area contributed by atoms with Crippen LogP contribution in [-0.4, -0.2) is 35.6 Å². The topological polar surface area (TPSA) is 104 Å². The second kappa shape index (κ2) is 5.89. The van der Waals surface area contributed by atoms with Crippen molar-refractivity contribution in [2.24, 2.45) is 5.73 Å². The van der Waals surface area contributed by atoms with Gasteiger partial charge in [0.2, 0.25) is 11.7 Å². The summed E-state index contributed by atoms with van der Waals surface area (Å²) in [5.74, 6) is 1.76. The van der Waals surface area contributed by atoms with Crippen LogP contribution in [0.4, 0.5) is 0 Å². The number of aromatic nitrogens is 2. The van der Waals surface area contributed by atoms with Crippen LogP contribution in [0.3, 0.4) is 0 Å². The molecule has 0 radical (unpaired) electrons. The summed E-state index contributed by atoms with van der Waals surface area (Å²) in [5, 5.41) is 13.3. The van der Waals surface area contributed by atoms with Crippen molar-refractivity contribution in [3.05, 3.63) is 24.1 Å². The van der Waals surface area contributed by atoms with Crippen molar-refractivity contribution in [3.8, 4) is 22.9 Å². The first-order chi connectivity index (χ1) is 9.55. The molecule has 0 aliphatic rings. The van der Waals surface area contributed by atoms with Gasteiger partial charge in [-0.2, -0.15) is 4.98 Å². The van der Waals surface area contributed by atoms with E-state index >= 15 is 0 Å². The number of aliphatic hydroxyl groups excluding tert-OH is 1. The Hall–Kier alpha value is -2.12. The summed E-state index contributed by atoms with van der Waals surface area (Å²) >= 11 is 0. The maximum atomic E-state index is 9.43. The lowest BCUT2D eigenvalue weighted by Crippen LogP contribution is -2.23. The van der Waals surface area contributed by atoms with Crippen LogP contribution in [0, 0.1) is 0 Å². The molecule has 0 bridgehead atoms. The normalized spacial score (nSPS) is 13.8. The fourth-order valence-electron chi connectivity index (χ4n) is 1.63. The van der Waals surface area contributed by atoms with Crippen molar-refractivity contribution in [1.29, 1.82) is 0 Å². The van der Waals surface area contributed by atoms with Gasteiger partial charge >= 0.3 is 0 Å². The SMILES string of the molecule is COc1cc(OC)cc(-c2noc(C(N)C(C)O)n2)c1. The molecule has 0 saturated heterocycles. The number of nitrogens with zero attached hydrogens (tertiary/aromatic N) is 2. The molecule has 0 amide bonds. The first-order valence-corrected chi connectivity index (χ1v) is 6.06. The van der Waals surface area contributed by atoms with E-state index < -0.39 is 12.1 Å². The monoisotopic (exact) mass is 279 g/mol. The minimum atomic E-state index is -0.775. The van der Waals surface area contributed by atoms with Gasteiger partial charge in [0.05, 0.1) is 20.3 Å². The molecule has 0 aliphatic heterocycles. The van der Waals surface area contributed by atoms with E-state index in [1.54, 1.807) is 39.3 Å². The number of hydrogen-bond donors (Lipinski definition) is 2. The molecular weight excluding hydrogens is 262 g/mol. The molecule has 2 unspecified atom stereocenters. The summed E-state index contributed by atoms with van der Waals surface area (Å²) in [6.45, 7) is 1.56. The Morgan fingerprint density at radius 3 is 2.30 bits per heavy atom. The van der Waals surface area contributed by atoms with Gasteiger partial charge in [-0.1, -0.05) is 5.16 Å². The van der Waals surface area contributed by atoms with Gasteiger partial charge < -0.3 is 24.8 Å². The Kier molecular flexibility index (Phi) is 4.21. The van der Waals surface area contributed by atoms with E-state index in [9.17, 15) is 5.11 Å². The van der Waals surface area contributed by atoms with Crippen LogP contribution in [0.5, 0.6) is 11.5 Å². The third kappa shape index (κ3) is 2.89. The molecule has 2 atom stereocenters. The van der Waals surface area contributed by atoms with Crippen LogP contribution in [0.1, 0.15) is 18.9 Å². The summed E-state index contributed by atoms with van der Waals surface area (Å²) in [7, 11) is 3.12. The number of nitrogens with two attached hydrogens (primary N) is 1. The van der Waals surface area contributed by atoms with Crippen LogP contribution in [0.2, 0.25) is 0 Å². The Morgan fingerprint density at radius 1 is 1.20 bits per heavy atom. The van der Waals surface area contributed by atoms with Crippen molar-refractivity contribution in [2.45, 2.75) is 19.1 Å². The zero-order valence-corrected chi connectivity index (χ0v) is 11.5. The third-order valence-electron chi connectivity index (χ3n) is 2.86. The van der Waals surface area contributed by atoms with Crippen LogP contribution in [0.25, 0.3) is 11.4 Å². The van der Waals surface area contributed by atoms with E-state index in [0.717, 1.165) is 0 Å². The standard InChI is InChI=1S/C13H17N3O4/c1-7(17)11(14)13-15-12(16-20-13)8-4-9(18-2)6-10(5-8)19-3/h4-7,11,17H,14H2,1-3H3. The van der Waals surface area contributed by atoms with Gasteiger partial charge in [0.15, 0.2) is 0 Å². The summed E-state index contributed by atoms with van der Waals surface area (Å²) in [6, 6.07) is 4.53. The molecule has 0 fully saturated rings. The second-order valence-electron chi connectivity index (χ2n) is 4.32. The maximum Gasteiger partial charge on any atom is 0.246 e. The van der Waals surface area contributed by atoms with Crippen molar-refractivity contribution in [3.63, 3.8) is 0 Å². The van der Waals surface area contributed by atoms with Crippen molar-refractivity contribution >= 4 is 0 Å². The van der Waals surface area contributed by atoms with E-state index in [0.29, 0.717) is 22.9 Å². The summed E-state index contributed by atoms with van der Waals surface area (Å²) in [4.78, 5) is 4.18. The van der Waals surface area contributed by atoms with Gasteiger partial charge in [0.1, 0.15) is 17.5 Å². The Morgan fingerprint density at radius 2 is 1.80 bits per heavy atom. The predicted octanol–water partition coefficient (Wildman–Crippen LogP) is 1.13. The molecule has 2 aromatic rings. The average Bonchev–Trinajstić information content (AvgIpc) is 2.95. The van der Waals surface area contributed by atoms with Crippen LogP contribution >= 0.6 is 0 Å². The molecule has 7 heteroatoms. The van der Waals surface area contributed by atoms with Crippen LogP contribution < -0.4 is 15.2 Å². The zero-order chi connectivity index (χ0) is 14.7. The van der Waals surface area contributed by atoms with Crippen molar-refractivity contribution < 1.29 is 19.1 Å². The summed E-state index contributed by atoms with van der Waals surface area (Å²) in [5.41, 5.74) is 6.42. The van der Waals surface area contributed by atoms with Gasteiger partial charge in [-0.05, 0) is 19.1 Å². The molecule has 2 rings (SSSR count). The molecule has 0 saturated carbocycles. The summed E-state index contributed by atoms with van der Waals surface area (Å²) in [6.07, 6.45) is -0.775. The molecular formula is C13H17N3O4. The zero-order valence-electron chi connectivity index (χ0n) is 11.5. The highest BCUT2D eigenvalue weighted by molar-refractivity contribution is 5.60. The molecule has 1 heterocycles. The molecule has 0 aliphatic carbocycles. The largest absolute Gasteiger partial charge is 0.497 e. The van der Waals surface area contributed by atoms with E-state index in [-0.39, 0.29) is 5.89 Å². The van der Waals surface area contributed by atoms with Gasteiger partial charge in [0, 0.05) is 11.6 Å². The fraction of sp³-hybridized carbons (Fsp3) is 0.385. The minimum absolute atomic E-state index is 0.178. The summed E-state index contributed by atoms with van der Waals surface area (Å²) < 4.78 is 15.4. The fourth-order valence-corrected chi connectivity index (χ4v) is 1.63. The highest BCUT2D eigenvalue weighted by Crippen LogP contribution is 2.28. The van der Waals surface area contributed by atoms with Gasteiger partial charge in [-0.15, -0.1) is 0 Å². The van der Waals surface area contributed by atoms with Crippen LogP contribution in [0.15, 0.2) is 22.7 Å². The van der Waals surface area contributed by atoms with E-state index in [1.165, 1.54) is 0 Å². The molecule has 3 N–H and O–H groups in total. The quantitative estimate of drug-likeness (QED) is 0.845. The van der Waals surface area contributed by atoms with Crippen molar-refractivity contribution in [1.82, 2.24) is 10.1 Å². The molecule has 108 valence electrons. The van der Waals surface area contributed by atoms with Gasteiger partial charge in [-0.3, -0.25) is 0 Å². The Labute approximate surface area is 116 Å². The minimum Gasteiger partial charge on any atom is -0.497 e. The second-order valence-corrected chi connectivity index (χ2v) is 4.32. The molecule has 0 spiro atoms. The van der Waals surface area contributed by atoms with E-state index in [4.69, 9.17) is 19.7 Å². The highest BCUT2D eigenvalue weighted by atomic mass is 16.5. The number of ether oxygens (including phenoxy) is 2. The lowest BCUT2D eigenvalue weighted by Gasteiger charge is -2.08. The maximum absolute atomic E-state index is 9.43. The first kappa shape index (κ1) is 14.3. The Balaban J connectivity index is 2.36. The van der Waals surface area contributed by atoms with Crippen LogP contribution in [-0.2, 0) is 0 Å². The van der Waals surface area contributed by atoms with E-state index in [1.807, 2.05) is 0 Å². The number of methoxy groups -OCH3 is 2. The number of benzene rings is 1. The molecule has 1 aromatic carbocycles. The van der Waals surface area contributed by atoms with E-state index in [2.05, 4.69) is 10.1 Å². The number of aliphatic hydroxyl groups is 1. The lowest BCUT2D eigenvalue weighted by atomic mass is 10.2. The molecule has 20 heavy (non-hydrogen) atoms. The van der Waals surface area contributed by atoms with Crippen molar-refractivity contribution in [2.75, 3.05) is 14.2 Å². The smallest absolute Gasteiger partial charge is 0.246 e. The predicted molar refractivity (Wildman–Crippen MR) is 71.4 cm³/mol. The van der Waals surface area contributed by atoms with Gasteiger partial charge in [0.25, 0.3) is 0 Å². The lowest BCUT2D eigenvalue weighted by molar-refractivity contribution is 0.146.